The molecule has 2 N–H and O–H groups in total. The van der Waals surface area contributed by atoms with Crippen LogP contribution in [-0.2, 0) is 17.8 Å². The maximum atomic E-state index is 12.2. The minimum atomic E-state index is -0.203. The first-order valence-corrected chi connectivity index (χ1v) is 6.87. The Morgan fingerprint density at radius 3 is 3.10 bits per heavy atom. The second kappa shape index (κ2) is 5.83. The number of benzene rings is 1. The molecule has 0 aliphatic carbocycles. The second-order valence-electron chi connectivity index (χ2n) is 4.98. The highest BCUT2D eigenvalue weighted by atomic mass is 16.5. The van der Waals surface area contributed by atoms with Crippen molar-refractivity contribution in [3.63, 3.8) is 0 Å². The quantitative estimate of drug-likeness (QED) is 0.897. The summed E-state index contributed by atoms with van der Waals surface area (Å²) in [5.41, 5.74) is 3.19. The van der Waals surface area contributed by atoms with Gasteiger partial charge in [0.05, 0.1) is 7.11 Å². The first-order valence-electron chi connectivity index (χ1n) is 6.87. The average molecular weight is 283 g/mol. The summed E-state index contributed by atoms with van der Waals surface area (Å²) in [6.07, 6.45) is 2.39. The Labute approximate surface area is 123 Å². The van der Waals surface area contributed by atoms with Crippen LogP contribution in [0.1, 0.15) is 11.1 Å². The summed E-state index contributed by atoms with van der Waals surface area (Å²) in [6, 6.07) is 11.5. The molecule has 1 aromatic heterocycles. The first-order chi connectivity index (χ1) is 10.3. The van der Waals surface area contributed by atoms with Crippen LogP contribution in [0.5, 0.6) is 5.88 Å². The van der Waals surface area contributed by atoms with Crippen LogP contribution < -0.4 is 15.4 Å². The molecule has 5 nitrogen and oxygen atoms in total. The van der Waals surface area contributed by atoms with Crippen molar-refractivity contribution < 1.29 is 9.53 Å². The number of carbonyl (C=O) groups is 1. The van der Waals surface area contributed by atoms with Crippen LogP contribution in [-0.4, -0.2) is 24.0 Å². The Balaban J connectivity index is 1.58. The number of hydrogen-bond donors (Lipinski definition) is 2. The van der Waals surface area contributed by atoms with Gasteiger partial charge in [0, 0.05) is 30.9 Å². The molecule has 0 saturated heterocycles. The fraction of sp³-hybridized carbons (Fsp3) is 0.250. The summed E-state index contributed by atoms with van der Waals surface area (Å²) < 4.78 is 5.07. The Morgan fingerprint density at radius 2 is 2.29 bits per heavy atom. The number of nitrogens with one attached hydrogen (secondary N) is 2. The SMILES string of the molecule is COc1cc(CNC(=O)[C@@H]2Cc3ccccc3N2)ccn1. The maximum Gasteiger partial charge on any atom is 0.243 e. The molecule has 1 atom stereocenters. The second-order valence-corrected chi connectivity index (χ2v) is 4.98. The highest BCUT2D eigenvalue weighted by Crippen LogP contribution is 2.25. The molecule has 0 radical (unpaired) electrons. The third-order valence-corrected chi connectivity index (χ3v) is 3.56. The Bertz CT molecular complexity index is 632. The third kappa shape index (κ3) is 2.97. The van der Waals surface area contributed by atoms with Gasteiger partial charge in [0.25, 0.3) is 0 Å². The van der Waals surface area contributed by atoms with Crippen molar-refractivity contribution in [3.05, 3.63) is 53.7 Å². The molecular weight excluding hydrogens is 266 g/mol. The van der Waals surface area contributed by atoms with E-state index in [0.717, 1.165) is 17.7 Å². The van der Waals surface area contributed by atoms with E-state index in [9.17, 15) is 4.79 Å². The van der Waals surface area contributed by atoms with E-state index in [0.29, 0.717) is 12.4 Å². The van der Waals surface area contributed by atoms with Crippen LogP contribution in [0.3, 0.4) is 0 Å². The number of pyridine rings is 1. The van der Waals surface area contributed by atoms with Crippen molar-refractivity contribution in [1.82, 2.24) is 10.3 Å². The van der Waals surface area contributed by atoms with Crippen LogP contribution in [0, 0.1) is 0 Å². The molecule has 0 saturated carbocycles. The third-order valence-electron chi connectivity index (χ3n) is 3.56. The van der Waals surface area contributed by atoms with Gasteiger partial charge in [-0.05, 0) is 23.3 Å². The number of methoxy groups -OCH3 is 1. The zero-order valence-electron chi connectivity index (χ0n) is 11.8. The number of fused-ring (bicyclic) bond motifs is 1. The van der Waals surface area contributed by atoms with E-state index in [4.69, 9.17) is 4.74 Å². The molecule has 0 fully saturated rings. The van der Waals surface area contributed by atoms with E-state index in [-0.39, 0.29) is 11.9 Å². The normalized spacial score (nSPS) is 16.0. The van der Waals surface area contributed by atoms with E-state index >= 15 is 0 Å². The molecule has 1 aliphatic rings. The number of ether oxygens (including phenoxy) is 1. The summed E-state index contributed by atoms with van der Waals surface area (Å²) in [5, 5.41) is 6.19. The lowest BCUT2D eigenvalue weighted by Gasteiger charge is -2.12. The van der Waals surface area contributed by atoms with Gasteiger partial charge < -0.3 is 15.4 Å². The number of anilines is 1. The smallest absolute Gasteiger partial charge is 0.243 e. The highest BCUT2D eigenvalue weighted by molar-refractivity contribution is 5.87. The van der Waals surface area contributed by atoms with Crippen molar-refractivity contribution in [1.29, 1.82) is 0 Å². The van der Waals surface area contributed by atoms with Gasteiger partial charge in [0.2, 0.25) is 11.8 Å². The lowest BCUT2D eigenvalue weighted by molar-refractivity contribution is -0.121. The summed E-state index contributed by atoms with van der Waals surface area (Å²) in [4.78, 5) is 16.3. The number of amides is 1. The monoisotopic (exact) mass is 283 g/mol. The van der Waals surface area contributed by atoms with Crippen molar-refractivity contribution in [2.75, 3.05) is 12.4 Å². The van der Waals surface area contributed by atoms with E-state index in [1.165, 1.54) is 5.56 Å². The molecule has 0 spiro atoms. The molecule has 0 unspecified atom stereocenters. The van der Waals surface area contributed by atoms with Crippen LogP contribution in [0.4, 0.5) is 5.69 Å². The van der Waals surface area contributed by atoms with Gasteiger partial charge in [-0.15, -0.1) is 0 Å². The van der Waals surface area contributed by atoms with Crippen molar-refractivity contribution >= 4 is 11.6 Å². The molecule has 21 heavy (non-hydrogen) atoms. The molecule has 2 aromatic rings. The van der Waals surface area contributed by atoms with Gasteiger partial charge in [-0.25, -0.2) is 4.98 Å². The number of carbonyl (C=O) groups excluding carboxylic acids is 1. The minimum Gasteiger partial charge on any atom is -0.481 e. The molecule has 0 bridgehead atoms. The minimum absolute atomic E-state index is 0.00183. The van der Waals surface area contributed by atoms with Gasteiger partial charge in [-0.2, -0.15) is 0 Å². The Morgan fingerprint density at radius 1 is 1.43 bits per heavy atom. The van der Waals surface area contributed by atoms with Gasteiger partial charge in [0.15, 0.2) is 0 Å². The zero-order chi connectivity index (χ0) is 14.7. The summed E-state index contributed by atoms with van der Waals surface area (Å²) in [5.74, 6) is 0.551. The standard InChI is InChI=1S/C16H17N3O2/c1-21-15-8-11(6-7-17-15)10-18-16(20)14-9-12-4-2-3-5-13(12)19-14/h2-8,14,19H,9-10H2,1H3,(H,18,20)/t14-/m0/s1. The van der Waals surface area contributed by atoms with Crippen molar-refractivity contribution in [3.8, 4) is 5.88 Å². The van der Waals surface area contributed by atoms with Crippen molar-refractivity contribution in [2.45, 2.75) is 19.0 Å². The van der Waals surface area contributed by atoms with E-state index in [1.54, 1.807) is 13.3 Å². The summed E-state index contributed by atoms with van der Waals surface area (Å²) in [6.45, 7) is 0.465. The number of rotatable bonds is 4. The van der Waals surface area contributed by atoms with Gasteiger partial charge in [-0.1, -0.05) is 18.2 Å². The summed E-state index contributed by atoms with van der Waals surface area (Å²) in [7, 11) is 1.57. The molecule has 5 heteroatoms. The van der Waals surface area contributed by atoms with Crippen LogP contribution >= 0.6 is 0 Å². The average Bonchev–Trinajstić information content (AvgIpc) is 2.97. The predicted octanol–water partition coefficient (Wildman–Crippen LogP) is 1.74. The number of hydrogen-bond acceptors (Lipinski definition) is 4. The van der Waals surface area contributed by atoms with Gasteiger partial charge >= 0.3 is 0 Å². The lowest BCUT2D eigenvalue weighted by atomic mass is 10.1. The zero-order valence-corrected chi connectivity index (χ0v) is 11.8. The van der Waals surface area contributed by atoms with Crippen LogP contribution in [0.2, 0.25) is 0 Å². The molecular formula is C16H17N3O2. The topological polar surface area (TPSA) is 63.2 Å². The van der Waals surface area contributed by atoms with Gasteiger partial charge in [0.1, 0.15) is 6.04 Å². The Kier molecular flexibility index (Phi) is 3.73. The van der Waals surface area contributed by atoms with Crippen LogP contribution in [0.25, 0.3) is 0 Å². The maximum absolute atomic E-state index is 12.2. The molecule has 1 amide bonds. The summed E-state index contributed by atoms with van der Waals surface area (Å²) >= 11 is 0. The fourth-order valence-electron chi connectivity index (χ4n) is 2.44. The highest BCUT2D eigenvalue weighted by Gasteiger charge is 2.25. The molecule has 1 aromatic carbocycles. The Hall–Kier alpha value is -2.56. The van der Waals surface area contributed by atoms with Gasteiger partial charge in [-0.3, -0.25) is 4.79 Å². The first kappa shape index (κ1) is 13.4. The van der Waals surface area contributed by atoms with E-state index in [1.807, 2.05) is 36.4 Å². The van der Waals surface area contributed by atoms with E-state index < -0.39 is 0 Å². The van der Waals surface area contributed by atoms with E-state index in [2.05, 4.69) is 15.6 Å². The van der Waals surface area contributed by atoms with Crippen molar-refractivity contribution in [2.24, 2.45) is 0 Å². The number of para-hydroxylation sites is 1. The number of aromatic nitrogens is 1. The molecule has 108 valence electrons. The molecule has 2 heterocycles. The fourth-order valence-corrected chi connectivity index (χ4v) is 2.44. The molecule has 1 aliphatic heterocycles. The lowest BCUT2D eigenvalue weighted by Crippen LogP contribution is -2.38. The van der Waals surface area contributed by atoms with Crippen LogP contribution in [0.15, 0.2) is 42.6 Å². The largest absolute Gasteiger partial charge is 0.481 e. The molecule has 3 rings (SSSR count). The number of nitrogens with zero attached hydrogens (tertiary/aromatic N) is 1. The predicted molar refractivity (Wildman–Crippen MR) is 80.2 cm³/mol.